The van der Waals surface area contributed by atoms with E-state index in [0.29, 0.717) is 6.54 Å². The molecule has 0 aliphatic rings. The normalized spacial score (nSPS) is 11.7. The number of rotatable bonds is 4. The molecule has 0 aliphatic carbocycles. The smallest absolute Gasteiger partial charge is 0.215 e. The van der Waals surface area contributed by atoms with E-state index >= 15 is 0 Å². The molecule has 0 saturated heterocycles. The van der Waals surface area contributed by atoms with Crippen molar-refractivity contribution >= 4 is 10.0 Å². The fourth-order valence-corrected chi connectivity index (χ4v) is 2.20. The average Bonchev–Trinajstić information content (AvgIpc) is 2.20. The molecule has 0 radical (unpaired) electrons. The molecule has 4 nitrogen and oxygen atoms in total. The van der Waals surface area contributed by atoms with Crippen LogP contribution in [0.5, 0.6) is 0 Å². The first-order chi connectivity index (χ1) is 6.98. The highest BCUT2D eigenvalue weighted by atomic mass is 32.2. The first-order valence-corrected chi connectivity index (χ1v) is 6.33. The molecule has 0 atom stereocenters. The van der Waals surface area contributed by atoms with E-state index in [1.165, 1.54) is 7.05 Å². The van der Waals surface area contributed by atoms with Gasteiger partial charge in [-0.2, -0.15) is 0 Å². The van der Waals surface area contributed by atoms with E-state index in [4.69, 9.17) is 5.73 Å². The number of benzene rings is 1. The van der Waals surface area contributed by atoms with Crippen molar-refractivity contribution in [1.29, 1.82) is 0 Å². The lowest BCUT2D eigenvalue weighted by Crippen LogP contribution is -2.21. The number of aryl methyl sites for hydroxylation is 1. The predicted molar refractivity (Wildman–Crippen MR) is 60.8 cm³/mol. The van der Waals surface area contributed by atoms with Crippen LogP contribution in [0.1, 0.15) is 16.7 Å². The fourth-order valence-electron chi connectivity index (χ4n) is 1.36. The second-order valence-corrected chi connectivity index (χ2v) is 5.37. The van der Waals surface area contributed by atoms with Crippen molar-refractivity contribution in [2.75, 3.05) is 7.05 Å². The molecule has 3 N–H and O–H groups in total. The third kappa shape index (κ3) is 3.30. The third-order valence-corrected chi connectivity index (χ3v) is 3.55. The fraction of sp³-hybridized carbons (Fsp3) is 0.400. The lowest BCUT2D eigenvalue weighted by Gasteiger charge is -2.08. The third-order valence-electron chi connectivity index (χ3n) is 2.24. The Morgan fingerprint density at radius 3 is 2.53 bits per heavy atom. The molecule has 0 fully saturated rings. The van der Waals surface area contributed by atoms with Gasteiger partial charge in [0.05, 0.1) is 5.75 Å². The summed E-state index contributed by atoms with van der Waals surface area (Å²) in [6, 6.07) is 5.62. The van der Waals surface area contributed by atoms with Crippen molar-refractivity contribution in [3.8, 4) is 0 Å². The van der Waals surface area contributed by atoms with E-state index in [2.05, 4.69) is 4.72 Å². The van der Waals surface area contributed by atoms with Gasteiger partial charge in [0.1, 0.15) is 0 Å². The van der Waals surface area contributed by atoms with E-state index in [-0.39, 0.29) is 5.75 Å². The van der Waals surface area contributed by atoms with Gasteiger partial charge in [0.15, 0.2) is 0 Å². The molecule has 0 aliphatic heterocycles. The summed E-state index contributed by atoms with van der Waals surface area (Å²) >= 11 is 0. The Labute approximate surface area is 90.5 Å². The average molecular weight is 228 g/mol. The van der Waals surface area contributed by atoms with E-state index in [1.54, 1.807) is 0 Å². The Balaban J connectivity index is 3.05. The van der Waals surface area contributed by atoms with Crippen molar-refractivity contribution in [1.82, 2.24) is 4.72 Å². The molecule has 1 aromatic carbocycles. The molecular weight excluding hydrogens is 212 g/mol. The van der Waals surface area contributed by atoms with Crippen LogP contribution in [-0.4, -0.2) is 15.5 Å². The Morgan fingerprint density at radius 1 is 1.33 bits per heavy atom. The number of sulfonamides is 1. The van der Waals surface area contributed by atoms with Gasteiger partial charge in [-0.3, -0.25) is 0 Å². The molecule has 0 amide bonds. The highest BCUT2D eigenvalue weighted by Gasteiger charge is 2.11. The molecule has 0 saturated carbocycles. The van der Waals surface area contributed by atoms with Gasteiger partial charge < -0.3 is 5.73 Å². The zero-order valence-corrected chi connectivity index (χ0v) is 9.76. The second kappa shape index (κ2) is 4.74. The second-order valence-electron chi connectivity index (χ2n) is 3.44. The minimum absolute atomic E-state index is 0.0175. The number of nitrogens with two attached hydrogens (primary N) is 1. The minimum atomic E-state index is -3.22. The van der Waals surface area contributed by atoms with Crippen molar-refractivity contribution in [3.63, 3.8) is 0 Å². The molecule has 1 rings (SSSR count). The summed E-state index contributed by atoms with van der Waals surface area (Å²) < 4.78 is 25.0. The summed E-state index contributed by atoms with van der Waals surface area (Å²) in [6.07, 6.45) is 0. The van der Waals surface area contributed by atoms with E-state index in [1.807, 2.05) is 25.1 Å². The van der Waals surface area contributed by atoms with Crippen LogP contribution in [0.4, 0.5) is 0 Å². The van der Waals surface area contributed by atoms with E-state index < -0.39 is 10.0 Å². The highest BCUT2D eigenvalue weighted by molar-refractivity contribution is 7.88. The molecule has 5 heteroatoms. The SMILES string of the molecule is CNS(=O)(=O)Cc1ccc(C)cc1CN. The zero-order chi connectivity index (χ0) is 11.5. The quantitative estimate of drug-likeness (QED) is 0.788. The zero-order valence-electron chi connectivity index (χ0n) is 8.95. The maximum absolute atomic E-state index is 11.4. The van der Waals surface area contributed by atoms with Gasteiger partial charge in [-0.05, 0) is 25.1 Å². The van der Waals surface area contributed by atoms with Crippen LogP contribution in [0.25, 0.3) is 0 Å². The molecule has 84 valence electrons. The molecule has 0 aromatic heterocycles. The van der Waals surface area contributed by atoms with Gasteiger partial charge >= 0.3 is 0 Å². The molecule has 0 unspecified atom stereocenters. The molecule has 0 bridgehead atoms. The summed E-state index contributed by atoms with van der Waals surface area (Å²) in [4.78, 5) is 0. The van der Waals surface area contributed by atoms with Crippen molar-refractivity contribution in [3.05, 3.63) is 34.9 Å². The molecule has 15 heavy (non-hydrogen) atoms. The summed E-state index contributed by atoms with van der Waals surface area (Å²) in [5, 5.41) is 0. The van der Waals surface area contributed by atoms with Gasteiger partial charge in [0.25, 0.3) is 0 Å². The number of hydrogen-bond acceptors (Lipinski definition) is 3. The Bertz CT molecular complexity index is 441. The van der Waals surface area contributed by atoms with Gasteiger partial charge in [-0.25, -0.2) is 13.1 Å². The van der Waals surface area contributed by atoms with E-state index in [9.17, 15) is 8.42 Å². The monoisotopic (exact) mass is 228 g/mol. The van der Waals surface area contributed by atoms with E-state index in [0.717, 1.165) is 16.7 Å². The van der Waals surface area contributed by atoms with Crippen molar-refractivity contribution in [2.24, 2.45) is 5.73 Å². The Hall–Kier alpha value is -0.910. The molecule has 0 spiro atoms. The summed E-state index contributed by atoms with van der Waals surface area (Å²) in [7, 11) is -1.82. The maximum atomic E-state index is 11.4. The highest BCUT2D eigenvalue weighted by Crippen LogP contribution is 2.13. The first-order valence-electron chi connectivity index (χ1n) is 4.68. The number of hydrogen-bond donors (Lipinski definition) is 2. The lowest BCUT2D eigenvalue weighted by molar-refractivity contribution is 0.587. The topological polar surface area (TPSA) is 72.2 Å². The predicted octanol–water partition coefficient (Wildman–Crippen LogP) is 0.503. The van der Waals surface area contributed by atoms with Gasteiger partial charge in [-0.15, -0.1) is 0 Å². The molecule has 1 aromatic rings. The van der Waals surface area contributed by atoms with Crippen LogP contribution >= 0.6 is 0 Å². The summed E-state index contributed by atoms with van der Waals surface area (Å²) in [6.45, 7) is 2.31. The lowest BCUT2D eigenvalue weighted by atomic mass is 10.1. The largest absolute Gasteiger partial charge is 0.326 e. The molecular formula is C10H16N2O2S. The van der Waals surface area contributed by atoms with Crippen LogP contribution < -0.4 is 10.5 Å². The Morgan fingerprint density at radius 2 is 2.00 bits per heavy atom. The van der Waals surface area contributed by atoms with Gasteiger partial charge in [0.2, 0.25) is 10.0 Å². The van der Waals surface area contributed by atoms with Gasteiger partial charge in [0, 0.05) is 6.54 Å². The minimum Gasteiger partial charge on any atom is -0.326 e. The van der Waals surface area contributed by atoms with Crippen LogP contribution in [0.2, 0.25) is 0 Å². The van der Waals surface area contributed by atoms with Crippen molar-refractivity contribution in [2.45, 2.75) is 19.2 Å². The van der Waals surface area contributed by atoms with Crippen molar-refractivity contribution < 1.29 is 8.42 Å². The maximum Gasteiger partial charge on any atom is 0.215 e. The number of nitrogens with one attached hydrogen (secondary N) is 1. The van der Waals surface area contributed by atoms with Crippen LogP contribution in [0.3, 0.4) is 0 Å². The summed E-state index contributed by atoms with van der Waals surface area (Å²) in [5.74, 6) is -0.0175. The summed E-state index contributed by atoms with van der Waals surface area (Å²) in [5.41, 5.74) is 8.29. The van der Waals surface area contributed by atoms with Crippen LogP contribution in [0, 0.1) is 6.92 Å². The Kier molecular flexibility index (Phi) is 3.84. The first kappa shape index (κ1) is 12.2. The molecule has 0 heterocycles. The standard InChI is InChI=1S/C10H16N2O2S/c1-8-3-4-9(10(5-8)6-11)7-15(13,14)12-2/h3-5,12H,6-7,11H2,1-2H3. The van der Waals surface area contributed by atoms with Crippen LogP contribution in [0.15, 0.2) is 18.2 Å². The van der Waals surface area contributed by atoms with Crippen LogP contribution in [-0.2, 0) is 22.3 Å². The van der Waals surface area contributed by atoms with Gasteiger partial charge in [-0.1, -0.05) is 23.8 Å².